The first-order chi connectivity index (χ1) is 7.20. The van der Waals surface area contributed by atoms with Crippen molar-refractivity contribution in [2.24, 2.45) is 0 Å². The first-order valence-electron chi connectivity index (χ1n) is 4.77. The normalized spacial score (nSPS) is 11.1. The summed E-state index contributed by atoms with van der Waals surface area (Å²) in [4.78, 5) is 11.0. The first-order valence-corrected chi connectivity index (χ1v) is 6.95. The van der Waals surface area contributed by atoms with Gasteiger partial charge in [-0.25, -0.2) is 9.97 Å². The second-order valence-electron chi connectivity index (χ2n) is 3.22. The topological polar surface area (TPSA) is 25.8 Å². The Morgan fingerprint density at radius 3 is 3.00 bits per heavy atom. The molecule has 0 aromatic carbocycles. The Kier molecular flexibility index (Phi) is 3.49. The highest BCUT2D eigenvalue weighted by atomic mass is 35.5. The van der Waals surface area contributed by atoms with Crippen LogP contribution in [0, 0.1) is 6.92 Å². The van der Waals surface area contributed by atoms with Gasteiger partial charge in [-0.1, -0.05) is 30.3 Å². The number of aryl methyl sites for hydroxylation is 1. The summed E-state index contributed by atoms with van der Waals surface area (Å²) >= 11 is 9.42. The van der Waals surface area contributed by atoms with Crippen LogP contribution in [0.15, 0.2) is 11.2 Å². The lowest BCUT2D eigenvalue weighted by atomic mass is 10.4. The highest BCUT2D eigenvalue weighted by Gasteiger charge is 2.08. The minimum absolute atomic E-state index is 0.572. The van der Waals surface area contributed by atoms with Crippen LogP contribution in [-0.2, 0) is 0 Å². The predicted octanol–water partition coefficient (Wildman–Crippen LogP) is 4.16. The summed E-state index contributed by atoms with van der Waals surface area (Å²) in [7, 11) is 0. The molecule has 0 unspecified atom stereocenters. The van der Waals surface area contributed by atoms with Crippen LogP contribution >= 0.6 is 34.7 Å². The monoisotopic (exact) mass is 258 g/mol. The van der Waals surface area contributed by atoms with E-state index in [0.29, 0.717) is 5.15 Å². The molecule has 15 heavy (non-hydrogen) atoms. The molecule has 2 aromatic rings. The van der Waals surface area contributed by atoms with Crippen molar-refractivity contribution in [3.63, 3.8) is 0 Å². The van der Waals surface area contributed by atoms with E-state index in [1.165, 1.54) is 4.88 Å². The van der Waals surface area contributed by atoms with Gasteiger partial charge in [0.15, 0.2) is 5.16 Å². The van der Waals surface area contributed by atoms with Crippen molar-refractivity contribution in [1.82, 2.24) is 9.97 Å². The molecular formula is C10H11ClN2S2. The van der Waals surface area contributed by atoms with Gasteiger partial charge in [0.2, 0.25) is 0 Å². The molecule has 0 bridgehead atoms. The van der Waals surface area contributed by atoms with Crippen LogP contribution in [0.5, 0.6) is 0 Å². The van der Waals surface area contributed by atoms with Crippen molar-refractivity contribution in [3.8, 4) is 0 Å². The number of halogens is 1. The van der Waals surface area contributed by atoms with Gasteiger partial charge in [-0.3, -0.25) is 0 Å². The maximum Gasteiger partial charge on any atom is 0.190 e. The molecule has 2 rings (SSSR count). The second-order valence-corrected chi connectivity index (χ2v) is 5.88. The molecule has 0 N–H and O–H groups in total. The standard InChI is InChI=1S/C10H11ClN2S2/c1-3-4-14-10-12-8(11)7-5-6(2)15-9(7)13-10/h5H,3-4H2,1-2H3. The summed E-state index contributed by atoms with van der Waals surface area (Å²) in [6.07, 6.45) is 1.12. The van der Waals surface area contributed by atoms with Crippen LogP contribution in [0.1, 0.15) is 18.2 Å². The fourth-order valence-electron chi connectivity index (χ4n) is 1.25. The Bertz CT molecular complexity index is 481. The summed E-state index contributed by atoms with van der Waals surface area (Å²) in [6.45, 7) is 4.20. The Balaban J connectivity index is 2.42. The van der Waals surface area contributed by atoms with E-state index in [2.05, 4.69) is 23.8 Å². The molecule has 0 saturated carbocycles. The fourth-order valence-corrected chi connectivity index (χ4v) is 3.21. The fraction of sp³-hybridized carbons (Fsp3) is 0.400. The average molecular weight is 259 g/mol. The number of rotatable bonds is 3. The third-order valence-corrected chi connectivity index (χ3v) is 4.17. The second kappa shape index (κ2) is 4.68. The number of thioether (sulfide) groups is 1. The lowest BCUT2D eigenvalue weighted by Crippen LogP contribution is -1.88. The zero-order valence-corrected chi connectivity index (χ0v) is 11.0. The molecular weight excluding hydrogens is 248 g/mol. The van der Waals surface area contributed by atoms with Crippen molar-refractivity contribution in [2.45, 2.75) is 25.4 Å². The number of hydrogen-bond acceptors (Lipinski definition) is 4. The van der Waals surface area contributed by atoms with Crippen LogP contribution in [0.25, 0.3) is 10.2 Å². The van der Waals surface area contributed by atoms with Gasteiger partial charge in [0, 0.05) is 16.0 Å². The lowest BCUT2D eigenvalue weighted by Gasteiger charge is -1.99. The predicted molar refractivity (Wildman–Crippen MR) is 68.2 cm³/mol. The zero-order valence-electron chi connectivity index (χ0n) is 8.58. The summed E-state index contributed by atoms with van der Waals surface area (Å²) in [6, 6.07) is 2.04. The molecule has 0 aliphatic heterocycles. The Morgan fingerprint density at radius 1 is 1.47 bits per heavy atom. The van der Waals surface area contributed by atoms with Gasteiger partial charge in [-0.2, -0.15) is 0 Å². The molecule has 2 aromatic heterocycles. The van der Waals surface area contributed by atoms with Gasteiger partial charge < -0.3 is 0 Å². The van der Waals surface area contributed by atoms with E-state index in [1.807, 2.05) is 6.07 Å². The first kappa shape index (κ1) is 11.2. The summed E-state index contributed by atoms with van der Waals surface area (Å²) < 4.78 is 0. The van der Waals surface area contributed by atoms with Crippen molar-refractivity contribution in [2.75, 3.05) is 5.75 Å². The Labute approximate surface area is 102 Å². The van der Waals surface area contributed by atoms with Crippen molar-refractivity contribution in [3.05, 3.63) is 16.1 Å². The number of nitrogens with zero attached hydrogens (tertiary/aromatic N) is 2. The van der Waals surface area contributed by atoms with E-state index in [9.17, 15) is 0 Å². The Hall–Kier alpha value is -0.320. The van der Waals surface area contributed by atoms with Crippen LogP contribution in [0.3, 0.4) is 0 Å². The summed E-state index contributed by atoms with van der Waals surface area (Å²) in [5, 5.41) is 2.33. The molecule has 0 amide bonds. The average Bonchev–Trinajstić information content (AvgIpc) is 2.56. The molecule has 0 aliphatic rings. The summed E-state index contributed by atoms with van der Waals surface area (Å²) in [5.41, 5.74) is 0. The summed E-state index contributed by atoms with van der Waals surface area (Å²) in [5.74, 6) is 1.03. The van der Waals surface area contributed by atoms with Gasteiger partial charge in [0.05, 0.1) is 0 Å². The molecule has 0 aliphatic carbocycles. The molecule has 0 atom stereocenters. The van der Waals surface area contributed by atoms with Gasteiger partial charge >= 0.3 is 0 Å². The smallest absolute Gasteiger partial charge is 0.190 e. The van der Waals surface area contributed by atoms with Gasteiger partial charge in [-0.05, 0) is 19.4 Å². The van der Waals surface area contributed by atoms with Gasteiger partial charge in [-0.15, -0.1) is 11.3 Å². The lowest BCUT2D eigenvalue weighted by molar-refractivity contribution is 1.00. The number of fused-ring (bicyclic) bond motifs is 1. The zero-order chi connectivity index (χ0) is 10.8. The molecule has 0 fully saturated rings. The molecule has 0 spiro atoms. The molecule has 0 radical (unpaired) electrons. The van der Waals surface area contributed by atoms with Gasteiger partial charge in [0.1, 0.15) is 9.98 Å². The van der Waals surface area contributed by atoms with Crippen molar-refractivity contribution in [1.29, 1.82) is 0 Å². The minimum Gasteiger partial charge on any atom is -0.211 e. The van der Waals surface area contributed by atoms with E-state index in [1.54, 1.807) is 23.1 Å². The molecule has 0 saturated heterocycles. The van der Waals surface area contributed by atoms with Crippen LogP contribution in [-0.4, -0.2) is 15.7 Å². The van der Waals surface area contributed by atoms with Crippen molar-refractivity contribution < 1.29 is 0 Å². The minimum atomic E-state index is 0.572. The van der Waals surface area contributed by atoms with E-state index < -0.39 is 0 Å². The molecule has 2 nitrogen and oxygen atoms in total. The maximum absolute atomic E-state index is 6.10. The van der Waals surface area contributed by atoms with E-state index >= 15 is 0 Å². The van der Waals surface area contributed by atoms with Gasteiger partial charge in [0.25, 0.3) is 0 Å². The molecule has 2 heterocycles. The molecule has 80 valence electrons. The quantitative estimate of drug-likeness (QED) is 0.470. The van der Waals surface area contributed by atoms with Crippen molar-refractivity contribution >= 4 is 44.9 Å². The SMILES string of the molecule is CCCSc1nc(Cl)c2cc(C)sc2n1. The molecule has 5 heteroatoms. The number of thiophene rings is 1. The van der Waals surface area contributed by atoms with E-state index in [0.717, 1.165) is 27.5 Å². The number of aromatic nitrogens is 2. The highest BCUT2D eigenvalue weighted by molar-refractivity contribution is 7.99. The van der Waals surface area contributed by atoms with E-state index in [4.69, 9.17) is 11.6 Å². The third-order valence-electron chi connectivity index (χ3n) is 1.88. The Morgan fingerprint density at radius 2 is 2.27 bits per heavy atom. The van der Waals surface area contributed by atoms with Crippen LogP contribution in [0.2, 0.25) is 5.15 Å². The maximum atomic E-state index is 6.10. The van der Waals surface area contributed by atoms with E-state index in [-0.39, 0.29) is 0 Å². The van der Waals surface area contributed by atoms with Crippen LogP contribution < -0.4 is 0 Å². The highest BCUT2D eigenvalue weighted by Crippen LogP contribution is 2.30. The largest absolute Gasteiger partial charge is 0.211 e. The third kappa shape index (κ3) is 2.44. The van der Waals surface area contributed by atoms with Crippen LogP contribution in [0.4, 0.5) is 0 Å². The number of hydrogen-bond donors (Lipinski definition) is 0.